The van der Waals surface area contributed by atoms with Gasteiger partial charge in [-0.3, -0.25) is 4.98 Å². The number of anilines is 1. The summed E-state index contributed by atoms with van der Waals surface area (Å²) in [6, 6.07) is 3.96. The minimum Gasteiger partial charge on any atom is -0.374 e. The zero-order valence-corrected chi connectivity index (χ0v) is 8.80. The molecule has 0 spiro atoms. The summed E-state index contributed by atoms with van der Waals surface area (Å²) in [7, 11) is 0. The highest BCUT2D eigenvalue weighted by Gasteiger charge is 2.05. The Labute approximate surface area is 85.8 Å². The number of aromatic nitrogens is 3. The number of hydrogen-bond donors (Lipinski definition) is 1. The van der Waals surface area contributed by atoms with Crippen molar-refractivity contribution in [3.63, 3.8) is 0 Å². The van der Waals surface area contributed by atoms with Gasteiger partial charge < -0.3 is 5.73 Å². The highest BCUT2D eigenvalue weighted by atomic mass is 32.1. The summed E-state index contributed by atoms with van der Waals surface area (Å²) in [4.78, 5) is 4.29. The fourth-order valence-corrected chi connectivity index (χ4v) is 1.91. The molecule has 0 aliphatic rings. The van der Waals surface area contributed by atoms with Gasteiger partial charge in [-0.2, -0.15) is 0 Å². The normalized spacial score (nSPS) is 10.4. The Balaban J connectivity index is 2.51. The third-order valence-corrected chi connectivity index (χ3v) is 2.57. The molecule has 4 nitrogen and oxygen atoms in total. The molecule has 0 unspecified atom stereocenters. The van der Waals surface area contributed by atoms with Crippen molar-refractivity contribution in [2.45, 2.75) is 13.8 Å². The number of rotatable bonds is 1. The Kier molecular flexibility index (Phi) is 2.17. The maximum atomic E-state index is 5.52. The lowest BCUT2D eigenvalue weighted by molar-refractivity contribution is 1.09. The van der Waals surface area contributed by atoms with Crippen LogP contribution >= 0.6 is 11.3 Å². The number of nitrogens with zero attached hydrogens (tertiary/aromatic N) is 3. The molecule has 0 bridgehead atoms. The first-order chi connectivity index (χ1) is 6.65. The van der Waals surface area contributed by atoms with Crippen molar-refractivity contribution in [1.29, 1.82) is 0 Å². The van der Waals surface area contributed by atoms with E-state index in [1.165, 1.54) is 11.3 Å². The maximum Gasteiger partial charge on any atom is 0.203 e. The Morgan fingerprint density at radius 3 is 2.29 bits per heavy atom. The average Bonchev–Trinajstić information content (AvgIpc) is 2.50. The van der Waals surface area contributed by atoms with Crippen LogP contribution in [0, 0.1) is 13.8 Å². The van der Waals surface area contributed by atoms with Gasteiger partial charge in [0, 0.05) is 17.0 Å². The molecule has 0 atom stereocenters. The van der Waals surface area contributed by atoms with Gasteiger partial charge in [0.15, 0.2) is 0 Å². The van der Waals surface area contributed by atoms with Gasteiger partial charge in [0.05, 0.1) is 0 Å². The zero-order valence-electron chi connectivity index (χ0n) is 7.98. The van der Waals surface area contributed by atoms with E-state index in [0.717, 1.165) is 22.0 Å². The van der Waals surface area contributed by atoms with Crippen molar-refractivity contribution in [2.75, 3.05) is 5.73 Å². The molecule has 0 saturated carbocycles. The number of aryl methyl sites for hydroxylation is 2. The molecule has 0 saturated heterocycles. The second kappa shape index (κ2) is 3.34. The van der Waals surface area contributed by atoms with Crippen molar-refractivity contribution in [1.82, 2.24) is 15.2 Å². The fraction of sp³-hybridized carbons (Fsp3) is 0.222. The molecule has 2 N–H and O–H groups in total. The van der Waals surface area contributed by atoms with Crippen molar-refractivity contribution in [2.24, 2.45) is 0 Å². The lowest BCUT2D eigenvalue weighted by atomic mass is 10.2. The molecule has 0 amide bonds. The number of hydrogen-bond acceptors (Lipinski definition) is 5. The quantitative estimate of drug-likeness (QED) is 0.772. The number of nitrogen functional groups attached to an aromatic ring is 1. The molecule has 0 aliphatic heterocycles. The van der Waals surface area contributed by atoms with E-state index in [9.17, 15) is 0 Å². The van der Waals surface area contributed by atoms with Crippen molar-refractivity contribution in [3.05, 3.63) is 23.5 Å². The van der Waals surface area contributed by atoms with Crippen LogP contribution in [0.5, 0.6) is 0 Å². The molecule has 72 valence electrons. The van der Waals surface area contributed by atoms with Crippen molar-refractivity contribution in [3.8, 4) is 10.6 Å². The standard InChI is InChI=1S/C9H10N4S/c1-5-3-7(4-6(2)11-5)8-12-13-9(10)14-8/h3-4H,1-2H3,(H2,10,13). The Bertz CT molecular complexity index is 443. The Morgan fingerprint density at radius 1 is 1.14 bits per heavy atom. The largest absolute Gasteiger partial charge is 0.374 e. The van der Waals surface area contributed by atoms with Crippen LogP contribution in [0.15, 0.2) is 12.1 Å². The van der Waals surface area contributed by atoms with E-state index < -0.39 is 0 Å². The van der Waals surface area contributed by atoms with Gasteiger partial charge in [0.25, 0.3) is 0 Å². The third kappa shape index (κ3) is 1.72. The molecular formula is C9H10N4S. The first-order valence-corrected chi connectivity index (χ1v) is 5.01. The van der Waals surface area contributed by atoms with E-state index >= 15 is 0 Å². The molecule has 0 aliphatic carbocycles. The minimum atomic E-state index is 0.493. The van der Waals surface area contributed by atoms with Crippen LogP contribution in [0.4, 0.5) is 5.13 Å². The van der Waals surface area contributed by atoms with Crippen LogP contribution in [-0.4, -0.2) is 15.2 Å². The van der Waals surface area contributed by atoms with Gasteiger partial charge in [-0.1, -0.05) is 11.3 Å². The molecular weight excluding hydrogens is 196 g/mol. The van der Waals surface area contributed by atoms with E-state index in [1.807, 2.05) is 26.0 Å². The van der Waals surface area contributed by atoms with Gasteiger partial charge in [-0.15, -0.1) is 10.2 Å². The van der Waals surface area contributed by atoms with Crippen LogP contribution in [0.3, 0.4) is 0 Å². The Hall–Kier alpha value is -1.49. The smallest absolute Gasteiger partial charge is 0.203 e. The molecule has 2 aromatic heterocycles. The molecule has 0 radical (unpaired) electrons. The average molecular weight is 206 g/mol. The van der Waals surface area contributed by atoms with E-state index in [0.29, 0.717) is 5.13 Å². The summed E-state index contributed by atoms with van der Waals surface area (Å²) >= 11 is 1.39. The first-order valence-electron chi connectivity index (χ1n) is 4.20. The molecule has 0 aromatic carbocycles. The lowest BCUT2D eigenvalue weighted by Gasteiger charge is -1.99. The SMILES string of the molecule is Cc1cc(-c2nnc(N)s2)cc(C)n1. The molecule has 0 fully saturated rings. The maximum absolute atomic E-state index is 5.52. The van der Waals surface area contributed by atoms with E-state index in [4.69, 9.17) is 5.73 Å². The molecule has 5 heteroatoms. The predicted octanol–water partition coefficient (Wildman–Crippen LogP) is 1.80. The Morgan fingerprint density at radius 2 is 1.79 bits per heavy atom. The molecule has 14 heavy (non-hydrogen) atoms. The summed E-state index contributed by atoms with van der Waals surface area (Å²) in [5, 5.41) is 9.10. The molecule has 2 aromatic rings. The van der Waals surface area contributed by atoms with Crippen LogP contribution in [0.1, 0.15) is 11.4 Å². The van der Waals surface area contributed by atoms with Crippen LogP contribution in [-0.2, 0) is 0 Å². The van der Waals surface area contributed by atoms with Gasteiger partial charge in [0.1, 0.15) is 5.01 Å². The third-order valence-electron chi connectivity index (χ3n) is 1.77. The summed E-state index contributed by atoms with van der Waals surface area (Å²) < 4.78 is 0. The van der Waals surface area contributed by atoms with Crippen molar-refractivity contribution < 1.29 is 0 Å². The van der Waals surface area contributed by atoms with Gasteiger partial charge in [0.2, 0.25) is 5.13 Å². The summed E-state index contributed by atoms with van der Waals surface area (Å²) in [5.74, 6) is 0. The lowest BCUT2D eigenvalue weighted by Crippen LogP contribution is -1.87. The summed E-state index contributed by atoms with van der Waals surface area (Å²) in [5.41, 5.74) is 8.51. The topological polar surface area (TPSA) is 64.7 Å². The highest BCUT2D eigenvalue weighted by Crippen LogP contribution is 2.25. The van der Waals surface area contributed by atoms with Crippen LogP contribution in [0.25, 0.3) is 10.6 Å². The number of pyridine rings is 1. The predicted molar refractivity (Wildman–Crippen MR) is 57.0 cm³/mol. The van der Waals surface area contributed by atoms with E-state index in [-0.39, 0.29) is 0 Å². The summed E-state index contributed by atoms with van der Waals surface area (Å²) in [6.45, 7) is 3.92. The highest BCUT2D eigenvalue weighted by molar-refractivity contribution is 7.18. The zero-order chi connectivity index (χ0) is 10.1. The van der Waals surface area contributed by atoms with Gasteiger partial charge in [-0.25, -0.2) is 0 Å². The van der Waals surface area contributed by atoms with Gasteiger partial charge in [-0.05, 0) is 26.0 Å². The monoisotopic (exact) mass is 206 g/mol. The van der Waals surface area contributed by atoms with Gasteiger partial charge >= 0.3 is 0 Å². The first kappa shape index (κ1) is 9.08. The van der Waals surface area contributed by atoms with Crippen molar-refractivity contribution >= 4 is 16.5 Å². The molecule has 2 rings (SSSR count). The second-order valence-corrected chi connectivity index (χ2v) is 4.09. The van der Waals surface area contributed by atoms with Crippen LogP contribution in [0.2, 0.25) is 0 Å². The summed E-state index contributed by atoms with van der Waals surface area (Å²) in [6.07, 6.45) is 0. The minimum absolute atomic E-state index is 0.493. The second-order valence-electron chi connectivity index (χ2n) is 3.08. The van der Waals surface area contributed by atoms with E-state index in [2.05, 4.69) is 15.2 Å². The fourth-order valence-electron chi connectivity index (χ4n) is 1.31. The van der Waals surface area contributed by atoms with E-state index in [1.54, 1.807) is 0 Å². The molecule has 2 heterocycles. The van der Waals surface area contributed by atoms with Crippen LogP contribution < -0.4 is 5.73 Å². The number of nitrogens with two attached hydrogens (primary N) is 1.